The summed E-state index contributed by atoms with van der Waals surface area (Å²) in [5, 5.41) is 1.65. The minimum absolute atomic E-state index is 0.118. The average Bonchev–Trinajstić information content (AvgIpc) is 2.69. The Bertz CT molecular complexity index is 451. The van der Waals surface area contributed by atoms with Crippen LogP contribution in [-0.4, -0.2) is 9.97 Å². The Morgan fingerprint density at radius 1 is 1.33 bits per heavy atom. The second-order valence-electron chi connectivity index (χ2n) is 2.68. The van der Waals surface area contributed by atoms with Gasteiger partial charge in [-0.3, -0.25) is 0 Å². The number of hydrogen-bond acceptors (Lipinski definition) is 3. The van der Waals surface area contributed by atoms with Gasteiger partial charge in [0, 0.05) is 12.3 Å². The molecule has 0 aromatic carbocycles. The van der Waals surface area contributed by atoms with Gasteiger partial charge >= 0.3 is 6.18 Å². The molecule has 0 saturated heterocycles. The fourth-order valence-corrected chi connectivity index (χ4v) is 1.77. The third-order valence-electron chi connectivity index (χ3n) is 1.70. The lowest BCUT2D eigenvalue weighted by Crippen LogP contribution is -2.08. The predicted octanol–water partition coefficient (Wildman–Crippen LogP) is 3.02. The zero-order chi connectivity index (χ0) is 10.9. The first kappa shape index (κ1) is 10.1. The van der Waals surface area contributed by atoms with Crippen LogP contribution in [0.4, 0.5) is 13.2 Å². The molecule has 0 amide bonds. The molecule has 0 atom stereocenters. The van der Waals surface area contributed by atoms with Crippen LogP contribution >= 0.6 is 11.3 Å². The summed E-state index contributed by atoms with van der Waals surface area (Å²) in [7, 11) is 0. The highest BCUT2D eigenvalue weighted by molar-refractivity contribution is 7.13. The predicted molar refractivity (Wildman–Crippen MR) is 49.2 cm³/mol. The third-order valence-corrected chi connectivity index (χ3v) is 2.52. The molecule has 77 valence electrons. The molecular formula is C9H4F3N2S. The first-order valence-electron chi connectivity index (χ1n) is 3.92. The van der Waals surface area contributed by atoms with E-state index in [4.69, 9.17) is 0 Å². The number of aromatic nitrogens is 2. The molecule has 2 aromatic heterocycles. The first-order chi connectivity index (χ1) is 7.09. The molecule has 0 N–H and O–H groups in total. The van der Waals surface area contributed by atoms with Crippen LogP contribution in [0.5, 0.6) is 0 Å². The molecule has 0 aliphatic rings. The van der Waals surface area contributed by atoms with Crippen LogP contribution in [0.25, 0.3) is 10.6 Å². The van der Waals surface area contributed by atoms with Crippen molar-refractivity contribution in [3.63, 3.8) is 0 Å². The van der Waals surface area contributed by atoms with E-state index in [1.165, 1.54) is 0 Å². The van der Waals surface area contributed by atoms with Crippen molar-refractivity contribution in [1.29, 1.82) is 0 Å². The van der Waals surface area contributed by atoms with Crippen molar-refractivity contribution in [2.24, 2.45) is 0 Å². The maximum Gasteiger partial charge on any atom is 0.420 e. The molecule has 0 aliphatic heterocycles. The van der Waals surface area contributed by atoms with Gasteiger partial charge in [0.25, 0.3) is 0 Å². The van der Waals surface area contributed by atoms with Crippen LogP contribution in [-0.2, 0) is 6.18 Å². The molecule has 2 rings (SSSR count). The third kappa shape index (κ3) is 1.99. The van der Waals surface area contributed by atoms with Gasteiger partial charge in [-0.25, -0.2) is 9.97 Å². The maximum atomic E-state index is 12.6. The number of thiophene rings is 1. The molecule has 0 unspecified atom stereocenters. The SMILES string of the molecule is FC(F)(F)c1cncnc1-c1[c]ccs1. The fourth-order valence-electron chi connectivity index (χ4n) is 1.09. The zero-order valence-electron chi connectivity index (χ0n) is 7.25. The molecule has 0 bridgehead atoms. The Morgan fingerprint density at radius 3 is 2.73 bits per heavy atom. The zero-order valence-corrected chi connectivity index (χ0v) is 8.06. The lowest BCUT2D eigenvalue weighted by atomic mass is 10.2. The minimum atomic E-state index is -4.44. The van der Waals surface area contributed by atoms with Crippen molar-refractivity contribution >= 4 is 11.3 Å². The largest absolute Gasteiger partial charge is 0.420 e. The molecule has 2 heterocycles. The fraction of sp³-hybridized carbons (Fsp3) is 0.111. The van der Waals surface area contributed by atoms with Gasteiger partial charge in [0.2, 0.25) is 0 Å². The standard InChI is InChI=1S/C9H4F3N2S/c10-9(11,12)6-4-13-5-14-8(6)7-2-1-3-15-7/h1,3-5H. The summed E-state index contributed by atoms with van der Waals surface area (Å²) >= 11 is 1.16. The van der Waals surface area contributed by atoms with E-state index in [0.717, 1.165) is 23.9 Å². The lowest BCUT2D eigenvalue weighted by molar-refractivity contribution is -0.137. The van der Waals surface area contributed by atoms with E-state index in [1.54, 1.807) is 11.4 Å². The van der Waals surface area contributed by atoms with Crippen molar-refractivity contribution in [3.05, 3.63) is 35.6 Å². The molecule has 0 saturated carbocycles. The van der Waals surface area contributed by atoms with Crippen molar-refractivity contribution in [2.75, 3.05) is 0 Å². The molecule has 0 aliphatic carbocycles. The maximum absolute atomic E-state index is 12.6. The summed E-state index contributed by atoms with van der Waals surface area (Å²) in [6.07, 6.45) is -2.57. The van der Waals surface area contributed by atoms with Gasteiger partial charge in [0.05, 0.1) is 10.6 Å². The normalized spacial score (nSPS) is 11.7. The minimum Gasteiger partial charge on any atom is -0.244 e. The molecule has 15 heavy (non-hydrogen) atoms. The van der Waals surface area contributed by atoms with E-state index < -0.39 is 11.7 Å². The molecule has 2 nitrogen and oxygen atoms in total. The Hall–Kier alpha value is -1.43. The van der Waals surface area contributed by atoms with E-state index in [0.29, 0.717) is 4.88 Å². The van der Waals surface area contributed by atoms with E-state index in [1.807, 2.05) is 0 Å². The van der Waals surface area contributed by atoms with Gasteiger partial charge in [-0.2, -0.15) is 13.2 Å². The highest BCUT2D eigenvalue weighted by atomic mass is 32.1. The summed E-state index contributed by atoms with van der Waals surface area (Å²) in [5.74, 6) is 0. The molecular weight excluding hydrogens is 225 g/mol. The Labute approximate surface area is 87.4 Å². The van der Waals surface area contributed by atoms with Crippen LogP contribution < -0.4 is 0 Å². The Kier molecular flexibility index (Phi) is 2.44. The number of halogens is 3. The number of rotatable bonds is 1. The monoisotopic (exact) mass is 229 g/mol. The second kappa shape index (κ2) is 3.62. The van der Waals surface area contributed by atoms with Crippen LogP contribution in [0, 0.1) is 6.07 Å². The molecule has 0 spiro atoms. The summed E-state index contributed by atoms with van der Waals surface area (Å²) < 4.78 is 37.7. The second-order valence-corrected chi connectivity index (χ2v) is 3.59. The van der Waals surface area contributed by atoms with E-state index in [2.05, 4.69) is 16.0 Å². The van der Waals surface area contributed by atoms with Crippen LogP contribution in [0.15, 0.2) is 24.0 Å². The van der Waals surface area contributed by atoms with Crippen molar-refractivity contribution in [1.82, 2.24) is 9.97 Å². The first-order valence-corrected chi connectivity index (χ1v) is 4.80. The van der Waals surface area contributed by atoms with Crippen LogP contribution in [0.3, 0.4) is 0 Å². The average molecular weight is 229 g/mol. The van der Waals surface area contributed by atoms with Crippen molar-refractivity contribution in [2.45, 2.75) is 6.18 Å². The topological polar surface area (TPSA) is 25.8 Å². The lowest BCUT2D eigenvalue weighted by Gasteiger charge is -2.08. The summed E-state index contributed by atoms with van der Waals surface area (Å²) in [4.78, 5) is 7.38. The summed E-state index contributed by atoms with van der Waals surface area (Å²) in [5.41, 5.74) is -0.948. The smallest absolute Gasteiger partial charge is 0.244 e. The van der Waals surface area contributed by atoms with Gasteiger partial charge < -0.3 is 0 Å². The Balaban J connectivity index is 2.58. The number of nitrogens with zero attached hydrogens (tertiary/aromatic N) is 2. The number of alkyl halides is 3. The van der Waals surface area contributed by atoms with Crippen LogP contribution in [0.2, 0.25) is 0 Å². The van der Waals surface area contributed by atoms with E-state index in [9.17, 15) is 13.2 Å². The van der Waals surface area contributed by atoms with E-state index in [-0.39, 0.29) is 5.69 Å². The summed E-state index contributed by atoms with van der Waals surface area (Å²) in [6, 6.07) is 4.25. The van der Waals surface area contributed by atoms with Gasteiger partial charge in [0.1, 0.15) is 11.9 Å². The van der Waals surface area contributed by atoms with Crippen molar-refractivity contribution < 1.29 is 13.2 Å². The van der Waals surface area contributed by atoms with Crippen molar-refractivity contribution in [3.8, 4) is 10.6 Å². The van der Waals surface area contributed by atoms with Gasteiger partial charge in [-0.05, 0) is 11.4 Å². The molecule has 6 heteroatoms. The van der Waals surface area contributed by atoms with Gasteiger partial charge in [0.15, 0.2) is 0 Å². The highest BCUT2D eigenvalue weighted by Crippen LogP contribution is 2.36. The Morgan fingerprint density at radius 2 is 2.13 bits per heavy atom. The molecule has 0 fully saturated rings. The summed E-state index contributed by atoms with van der Waals surface area (Å²) in [6.45, 7) is 0. The highest BCUT2D eigenvalue weighted by Gasteiger charge is 2.35. The van der Waals surface area contributed by atoms with Crippen LogP contribution in [0.1, 0.15) is 5.56 Å². The van der Waals surface area contributed by atoms with Gasteiger partial charge in [-0.1, -0.05) is 0 Å². The number of hydrogen-bond donors (Lipinski definition) is 0. The quantitative estimate of drug-likeness (QED) is 0.751. The van der Waals surface area contributed by atoms with E-state index >= 15 is 0 Å². The molecule has 2 aromatic rings. The molecule has 1 radical (unpaired) electrons. The van der Waals surface area contributed by atoms with Gasteiger partial charge in [-0.15, -0.1) is 11.3 Å².